The zero-order valence-electron chi connectivity index (χ0n) is 10.6. The third-order valence-corrected chi connectivity index (χ3v) is 2.79. The summed E-state index contributed by atoms with van der Waals surface area (Å²) in [4.78, 5) is 4.38. The van der Waals surface area contributed by atoms with Crippen molar-refractivity contribution < 1.29 is 4.52 Å². The fourth-order valence-electron chi connectivity index (χ4n) is 1.78. The molecule has 0 aromatic carbocycles. The summed E-state index contributed by atoms with van der Waals surface area (Å²) in [6.07, 6.45) is 0.762. The molecule has 17 heavy (non-hydrogen) atoms. The van der Waals surface area contributed by atoms with Crippen LogP contribution in [0.4, 0.5) is 0 Å². The molecular weight excluding hydrogens is 218 g/mol. The number of aryl methyl sites for hydroxylation is 2. The Hall–Kier alpha value is -1.69. The Labute approximate surface area is 100 Å². The average molecular weight is 235 g/mol. The van der Waals surface area contributed by atoms with E-state index in [2.05, 4.69) is 20.6 Å². The maximum absolute atomic E-state index is 5.28. The summed E-state index contributed by atoms with van der Waals surface area (Å²) in [5.41, 5.74) is 2.89. The van der Waals surface area contributed by atoms with Gasteiger partial charge in [-0.2, -0.15) is 10.1 Å². The molecule has 0 saturated heterocycles. The van der Waals surface area contributed by atoms with E-state index in [1.165, 1.54) is 0 Å². The second-order valence-corrected chi connectivity index (χ2v) is 4.04. The van der Waals surface area contributed by atoms with Gasteiger partial charge in [-0.3, -0.25) is 4.68 Å². The van der Waals surface area contributed by atoms with E-state index in [-0.39, 0.29) is 0 Å². The molecule has 2 heterocycles. The van der Waals surface area contributed by atoms with Crippen LogP contribution in [0, 0.1) is 13.8 Å². The standard InChI is InChI=1S/C11H17N5O/c1-7-10(8(2)16(4)14-7)11-13-9(15-17-11)5-6-12-3/h12H,5-6H2,1-4H3. The first-order valence-corrected chi connectivity index (χ1v) is 5.61. The monoisotopic (exact) mass is 235 g/mol. The lowest BCUT2D eigenvalue weighted by Gasteiger charge is -1.94. The van der Waals surface area contributed by atoms with Crippen molar-refractivity contribution in [2.45, 2.75) is 20.3 Å². The molecule has 0 aliphatic rings. The lowest BCUT2D eigenvalue weighted by molar-refractivity contribution is 0.421. The molecule has 1 N–H and O–H groups in total. The Morgan fingerprint density at radius 1 is 1.35 bits per heavy atom. The topological polar surface area (TPSA) is 68.8 Å². The van der Waals surface area contributed by atoms with Crippen LogP contribution in [-0.2, 0) is 13.5 Å². The van der Waals surface area contributed by atoms with E-state index < -0.39 is 0 Å². The summed E-state index contributed by atoms with van der Waals surface area (Å²) >= 11 is 0. The van der Waals surface area contributed by atoms with E-state index in [1.807, 2.05) is 32.6 Å². The fourth-order valence-corrected chi connectivity index (χ4v) is 1.78. The lowest BCUT2D eigenvalue weighted by atomic mass is 10.2. The van der Waals surface area contributed by atoms with E-state index in [9.17, 15) is 0 Å². The van der Waals surface area contributed by atoms with Crippen molar-refractivity contribution in [3.63, 3.8) is 0 Å². The van der Waals surface area contributed by atoms with Gasteiger partial charge in [-0.15, -0.1) is 0 Å². The molecule has 92 valence electrons. The highest BCUT2D eigenvalue weighted by Crippen LogP contribution is 2.24. The molecule has 0 spiro atoms. The molecule has 0 aliphatic carbocycles. The summed E-state index contributed by atoms with van der Waals surface area (Å²) in [5.74, 6) is 1.27. The Morgan fingerprint density at radius 2 is 2.12 bits per heavy atom. The van der Waals surface area contributed by atoms with Crippen LogP contribution in [0.25, 0.3) is 11.5 Å². The van der Waals surface area contributed by atoms with Gasteiger partial charge in [0.05, 0.1) is 11.3 Å². The molecular formula is C11H17N5O. The first-order valence-electron chi connectivity index (χ1n) is 5.61. The molecule has 0 radical (unpaired) electrons. The summed E-state index contributed by atoms with van der Waals surface area (Å²) in [7, 11) is 3.81. The van der Waals surface area contributed by atoms with E-state index in [0.29, 0.717) is 5.89 Å². The Bertz CT molecular complexity index is 514. The van der Waals surface area contributed by atoms with E-state index in [4.69, 9.17) is 4.52 Å². The molecule has 2 aromatic rings. The van der Waals surface area contributed by atoms with Crippen molar-refractivity contribution >= 4 is 0 Å². The van der Waals surface area contributed by atoms with Gasteiger partial charge in [-0.05, 0) is 20.9 Å². The normalized spacial score (nSPS) is 11.1. The Kier molecular flexibility index (Phi) is 3.23. The van der Waals surface area contributed by atoms with Gasteiger partial charge in [0.25, 0.3) is 5.89 Å². The molecule has 6 heteroatoms. The number of nitrogens with one attached hydrogen (secondary N) is 1. The van der Waals surface area contributed by atoms with E-state index >= 15 is 0 Å². The van der Waals surface area contributed by atoms with Crippen LogP contribution < -0.4 is 5.32 Å². The molecule has 0 aliphatic heterocycles. The third-order valence-electron chi connectivity index (χ3n) is 2.79. The minimum Gasteiger partial charge on any atom is -0.334 e. The van der Waals surface area contributed by atoms with Crippen molar-refractivity contribution in [2.24, 2.45) is 7.05 Å². The summed E-state index contributed by atoms with van der Waals surface area (Å²) < 4.78 is 7.10. The second kappa shape index (κ2) is 4.67. The van der Waals surface area contributed by atoms with Crippen molar-refractivity contribution in [1.82, 2.24) is 25.2 Å². The number of rotatable bonds is 4. The highest BCUT2D eigenvalue weighted by atomic mass is 16.5. The van der Waals surface area contributed by atoms with Crippen molar-refractivity contribution in [3.8, 4) is 11.5 Å². The highest BCUT2D eigenvalue weighted by molar-refractivity contribution is 5.59. The van der Waals surface area contributed by atoms with Crippen LogP contribution in [0.2, 0.25) is 0 Å². The molecule has 6 nitrogen and oxygen atoms in total. The first-order chi connectivity index (χ1) is 8.13. The number of hydrogen-bond acceptors (Lipinski definition) is 5. The zero-order valence-corrected chi connectivity index (χ0v) is 10.6. The minimum atomic E-state index is 0.555. The molecule has 2 rings (SSSR count). The maximum Gasteiger partial charge on any atom is 0.261 e. The number of aromatic nitrogens is 4. The summed E-state index contributed by atoms with van der Waals surface area (Å²) in [5, 5.41) is 11.3. The fraction of sp³-hybridized carbons (Fsp3) is 0.545. The lowest BCUT2D eigenvalue weighted by Crippen LogP contribution is -2.11. The largest absolute Gasteiger partial charge is 0.334 e. The number of hydrogen-bond donors (Lipinski definition) is 1. The number of likely N-dealkylation sites (N-methyl/N-ethyl adjacent to an activating group) is 1. The second-order valence-electron chi connectivity index (χ2n) is 4.04. The van der Waals surface area contributed by atoms with Crippen molar-refractivity contribution in [2.75, 3.05) is 13.6 Å². The smallest absolute Gasteiger partial charge is 0.261 e. The molecule has 0 atom stereocenters. The van der Waals surface area contributed by atoms with Gasteiger partial charge in [0.2, 0.25) is 0 Å². The van der Waals surface area contributed by atoms with Crippen LogP contribution in [0.5, 0.6) is 0 Å². The van der Waals surface area contributed by atoms with Crippen molar-refractivity contribution in [3.05, 3.63) is 17.2 Å². The third kappa shape index (κ3) is 2.21. The predicted octanol–water partition coefficient (Wildman–Crippen LogP) is 0.849. The highest BCUT2D eigenvalue weighted by Gasteiger charge is 2.17. The summed E-state index contributed by atoms with van der Waals surface area (Å²) in [6, 6.07) is 0. The van der Waals surface area contributed by atoms with Gasteiger partial charge in [-0.25, -0.2) is 0 Å². The predicted molar refractivity (Wildman–Crippen MR) is 63.6 cm³/mol. The maximum atomic E-state index is 5.28. The molecule has 0 saturated carbocycles. The van der Waals surface area contributed by atoms with E-state index in [0.717, 1.165) is 35.7 Å². The van der Waals surface area contributed by atoms with Gasteiger partial charge in [0, 0.05) is 25.7 Å². The molecule has 0 amide bonds. The van der Waals surface area contributed by atoms with E-state index in [1.54, 1.807) is 0 Å². The number of nitrogens with zero attached hydrogens (tertiary/aromatic N) is 4. The quantitative estimate of drug-likeness (QED) is 0.850. The van der Waals surface area contributed by atoms with Crippen LogP contribution in [0.3, 0.4) is 0 Å². The average Bonchev–Trinajstić information content (AvgIpc) is 2.83. The molecule has 0 fully saturated rings. The Balaban J connectivity index is 2.30. The van der Waals surface area contributed by atoms with Crippen LogP contribution >= 0.6 is 0 Å². The van der Waals surface area contributed by atoms with Gasteiger partial charge >= 0.3 is 0 Å². The van der Waals surface area contributed by atoms with Gasteiger partial charge in [0.1, 0.15) is 0 Å². The summed E-state index contributed by atoms with van der Waals surface area (Å²) in [6.45, 7) is 4.77. The zero-order chi connectivity index (χ0) is 12.4. The van der Waals surface area contributed by atoms with Crippen LogP contribution in [0.1, 0.15) is 17.2 Å². The first kappa shape index (κ1) is 11.8. The van der Waals surface area contributed by atoms with Crippen molar-refractivity contribution in [1.29, 1.82) is 0 Å². The SMILES string of the molecule is CNCCc1noc(-c2c(C)nn(C)c2C)n1. The van der Waals surface area contributed by atoms with Crippen LogP contribution in [0.15, 0.2) is 4.52 Å². The minimum absolute atomic E-state index is 0.555. The van der Waals surface area contributed by atoms with Gasteiger partial charge in [-0.1, -0.05) is 5.16 Å². The molecule has 0 unspecified atom stereocenters. The molecule has 2 aromatic heterocycles. The van der Waals surface area contributed by atoms with Gasteiger partial charge < -0.3 is 9.84 Å². The Morgan fingerprint density at radius 3 is 2.71 bits per heavy atom. The van der Waals surface area contributed by atoms with Gasteiger partial charge in [0.15, 0.2) is 5.82 Å². The van der Waals surface area contributed by atoms with Crippen LogP contribution in [-0.4, -0.2) is 33.5 Å². The molecule has 0 bridgehead atoms.